The summed E-state index contributed by atoms with van der Waals surface area (Å²) >= 11 is 3.45. The van der Waals surface area contributed by atoms with Gasteiger partial charge in [0.2, 0.25) is 5.95 Å². The molecule has 0 spiro atoms. The zero-order valence-corrected chi connectivity index (χ0v) is 22.9. The number of esters is 1. The van der Waals surface area contributed by atoms with Crippen molar-refractivity contribution in [3.8, 4) is 17.0 Å². The Labute approximate surface area is 229 Å². The molecule has 12 heteroatoms. The van der Waals surface area contributed by atoms with E-state index in [0.717, 1.165) is 42.8 Å². The molecule has 0 saturated carbocycles. The zero-order chi connectivity index (χ0) is 27.1. The van der Waals surface area contributed by atoms with Crippen LogP contribution in [-0.2, 0) is 9.53 Å². The highest BCUT2D eigenvalue weighted by atomic mass is 79.9. The summed E-state index contributed by atoms with van der Waals surface area (Å²) < 4.78 is 11.7. The number of halogens is 1. The van der Waals surface area contributed by atoms with Crippen molar-refractivity contribution in [1.82, 2.24) is 19.8 Å². The average molecular weight is 587 g/mol. The summed E-state index contributed by atoms with van der Waals surface area (Å²) in [6, 6.07) is 10.5. The van der Waals surface area contributed by atoms with Crippen molar-refractivity contribution in [3.05, 3.63) is 51.0 Å². The van der Waals surface area contributed by atoms with E-state index < -0.39 is 4.92 Å². The van der Waals surface area contributed by atoms with E-state index >= 15 is 0 Å². The number of nitrogens with two attached hydrogens (primary N) is 1. The first-order valence-electron chi connectivity index (χ1n) is 12.6. The van der Waals surface area contributed by atoms with E-state index in [0.29, 0.717) is 49.2 Å². The van der Waals surface area contributed by atoms with Crippen molar-refractivity contribution < 1.29 is 19.2 Å². The minimum Gasteiger partial charge on any atom is -0.487 e. The highest BCUT2D eigenvalue weighted by Gasteiger charge is 2.21. The highest BCUT2D eigenvalue weighted by molar-refractivity contribution is 9.10. The maximum absolute atomic E-state index is 11.9. The number of fused-ring (bicyclic) bond motifs is 1. The Morgan fingerprint density at radius 1 is 1.13 bits per heavy atom. The smallest absolute Gasteiger partial charge is 0.311 e. The molecule has 4 rings (SSSR count). The lowest BCUT2D eigenvalue weighted by molar-refractivity contribution is -0.385. The second kappa shape index (κ2) is 12.9. The standard InChI is InChI=1S/C26H31BrN6O5/c1-2-37-24(34)7-9-32-12-10-31(11-13-32)8-4-14-38-23-17-21-20(16-22(23)33(35)36)25(30-26(28)29-21)18-5-3-6-19(27)15-18/h3,5-6,15-17H,2,4,7-14H2,1H3,(H2,28,29,30). The summed E-state index contributed by atoms with van der Waals surface area (Å²) in [5.41, 5.74) is 7.59. The molecule has 0 atom stereocenters. The van der Waals surface area contributed by atoms with Gasteiger partial charge in [-0.2, -0.15) is 0 Å². The predicted octanol–water partition coefficient (Wildman–Crippen LogP) is 3.89. The number of nitrogen functional groups attached to an aromatic ring is 1. The first-order chi connectivity index (χ1) is 18.3. The van der Waals surface area contributed by atoms with Crippen LogP contribution in [0.2, 0.25) is 0 Å². The number of nitro groups is 1. The van der Waals surface area contributed by atoms with Crippen LogP contribution in [0.5, 0.6) is 5.75 Å². The quantitative estimate of drug-likeness (QED) is 0.152. The third kappa shape index (κ3) is 7.15. The van der Waals surface area contributed by atoms with Gasteiger partial charge >= 0.3 is 11.7 Å². The van der Waals surface area contributed by atoms with Gasteiger partial charge in [-0.1, -0.05) is 28.1 Å². The zero-order valence-electron chi connectivity index (χ0n) is 21.3. The topological polar surface area (TPSA) is 137 Å². The first-order valence-corrected chi connectivity index (χ1v) is 13.4. The number of aromatic nitrogens is 2. The number of hydrogen-bond donors (Lipinski definition) is 1. The summed E-state index contributed by atoms with van der Waals surface area (Å²) in [4.78, 5) is 36.2. The van der Waals surface area contributed by atoms with E-state index in [1.807, 2.05) is 31.2 Å². The lowest BCUT2D eigenvalue weighted by Gasteiger charge is -2.34. The van der Waals surface area contributed by atoms with Crippen LogP contribution in [0.4, 0.5) is 11.6 Å². The van der Waals surface area contributed by atoms with Crippen LogP contribution in [0, 0.1) is 10.1 Å². The van der Waals surface area contributed by atoms with Crippen LogP contribution in [0.3, 0.4) is 0 Å². The molecule has 0 radical (unpaired) electrons. The van der Waals surface area contributed by atoms with E-state index in [9.17, 15) is 14.9 Å². The van der Waals surface area contributed by atoms with E-state index in [1.54, 1.807) is 6.07 Å². The fourth-order valence-electron chi connectivity index (χ4n) is 4.47. The Morgan fingerprint density at radius 2 is 1.87 bits per heavy atom. The fourth-order valence-corrected chi connectivity index (χ4v) is 4.87. The van der Waals surface area contributed by atoms with Crippen molar-refractivity contribution in [3.63, 3.8) is 0 Å². The Bertz CT molecular complexity index is 1300. The van der Waals surface area contributed by atoms with E-state index in [4.69, 9.17) is 15.2 Å². The van der Waals surface area contributed by atoms with Crippen molar-refractivity contribution in [2.45, 2.75) is 19.8 Å². The Balaban J connectivity index is 1.37. The summed E-state index contributed by atoms with van der Waals surface area (Å²) in [5, 5.41) is 12.4. The maximum atomic E-state index is 11.9. The van der Waals surface area contributed by atoms with Crippen LogP contribution >= 0.6 is 15.9 Å². The van der Waals surface area contributed by atoms with Gasteiger partial charge in [0.1, 0.15) is 0 Å². The average Bonchev–Trinajstić information content (AvgIpc) is 2.89. The van der Waals surface area contributed by atoms with Crippen LogP contribution in [-0.4, -0.2) is 83.1 Å². The number of rotatable bonds is 11. The number of carbonyl (C=O) groups is 1. The third-order valence-electron chi connectivity index (χ3n) is 6.37. The molecule has 0 bridgehead atoms. The number of nitrogens with zero attached hydrogens (tertiary/aromatic N) is 5. The summed E-state index contributed by atoms with van der Waals surface area (Å²) in [6.45, 7) is 7.63. The van der Waals surface area contributed by atoms with Crippen molar-refractivity contribution in [2.75, 3.05) is 58.2 Å². The molecule has 38 heavy (non-hydrogen) atoms. The van der Waals surface area contributed by atoms with Gasteiger partial charge in [-0.05, 0) is 25.5 Å². The summed E-state index contributed by atoms with van der Waals surface area (Å²) in [7, 11) is 0. The molecule has 0 amide bonds. The molecule has 3 aromatic rings. The van der Waals surface area contributed by atoms with E-state index in [1.165, 1.54) is 6.07 Å². The molecule has 1 aromatic heterocycles. The molecule has 2 heterocycles. The van der Waals surface area contributed by atoms with Crippen molar-refractivity contribution in [2.24, 2.45) is 0 Å². The van der Waals surface area contributed by atoms with Gasteiger partial charge in [0.15, 0.2) is 5.75 Å². The molecule has 1 aliphatic heterocycles. The largest absolute Gasteiger partial charge is 0.487 e. The van der Waals surface area contributed by atoms with Gasteiger partial charge in [-0.15, -0.1) is 0 Å². The number of nitro benzene ring substituents is 1. The molecule has 2 aromatic carbocycles. The molecular formula is C26H31BrN6O5. The lowest BCUT2D eigenvalue weighted by Crippen LogP contribution is -2.47. The minimum absolute atomic E-state index is 0.0775. The van der Waals surface area contributed by atoms with Gasteiger partial charge in [0.25, 0.3) is 0 Å². The normalized spacial score (nSPS) is 14.5. The predicted molar refractivity (Wildman–Crippen MR) is 148 cm³/mol. The second-order valence-electron chi connectivity index (χ2n) is 8.98. The second-order valence-corrected chi connectivity index (χ2v) is 9.89. The Hall–Kier alpha value is -3.35. The van der Waals surface area contributed by atoms with Gasteiger partial charge in [-0.3, -0.25) is 14.9 Å². The summed E-state index contributed by atoms with van der Waals surface area (Å²) in [6.07, 6.45) is 1.13. The number of carbonyl (C=O) groups excluding carboxylic acids is 1. The molecule has 202 valence electrons. The molecule has 0 aliphatic carbocycles. The SMILES string of the molecule is CCOC(=O)CCN1CCN(CCCOc2cc3nc(N)nc(-c4cccc(Br)c4)c3cc2[N+](=O)[O-])CC1. The van der Waals surface area contributed by atoms with Crippen LogP contribution in [0.25, 0.3) is 22.2 Å². The molecule has 0 unspecified atom stereocenters. The molecular weight excluding hydrogens is 556 g/mol. The number of piperazine rings is 1. The number of benzene rings is 2. The first kappa shape index (κ1) is 27.7. The number of ether oxygens (including phenoxy) is 2. The number of hydrogen-bond acceptors (Lipinski definition) is 10. The minimum atomic E-state index is -0.453. The molecule has 1 saturated heterocycles. The van der Waals surface area contributed by atoms with Crippen LogP contribution in [0.15, 0.2) is 40.9 Å². The Morgan fingerprint density at radius 3 is 2.55 bits per heavy atom. The van der Waals surface area contributed by atoms with Gasteiger partial charge in [0, 0.05) is 66.8 Å². The Kier molecular flexibility index (Phi) is 9.43. The lowest BCUT2D eigenvalue weighted by atomic mass is 10.1. The molecule has 1 aliphatic rings. The van der Waals surface area contributed by atoms with E-state index in [2.05, 4.69) is 35.7 Å². The molecule has 11 nitrogen and oxygen atoms in total. The molecule has 1 fully saturated rings. The van der Waals surface area contributed by atoms with E-state index in [-0.39, 0.29) is 23.4 Å². The van der Waals surface area contributed by atoms with Gasteiger partial charge in [-0.25, -0.2) is 9.97 Å². The van der Waals surface area contributed by atoms with Crippen molar-refractivity contribution in [1.29, 1.82) is 0 Å². The van der Waals surface area contributed by atoms with Gasteiger partial charge < -0.3 is 25.0 Å². The summed E-state index contributed by atoms with van der Waals surface area (Å²) in [5.74, 6) is 0.0756. The van der Waals surface area contributed by atoms with Crippen molar-refractivity contribution >= 4 is 44.4 Å². The fraction of sp³-hybridized carbons (Fsp3) is 0.423. The molecule has 2 N–H and O–H groups in total. The van der Waals surface area contributed by atoms with Crippen LogP contribution < -0.4 is 10.5 Å². The third-order valence-corrected chi connectivity index (χ3v) is 6.86. The monoisotopic (exact) mass is 586 g/mol. The highest BCUT2D eigenvalue weighted by Crippen LogP contribution is 2.36. The number of anilines is 1. The maximum Gasteiger partial charge on any atom is 0.311 e. The van der Waals surface area contributed by atoms with Gasteiger partial charge in [0.05, 0.1) is 35.8 Å². The van der Waals surface area contributed by atoms with Crippen LogP contribution in [0.1, 0.15) is 19.8 Å².